The Kier molecular flexibility index (Phi) is 5.40. The van der Waals surface area contributed by atoms with Crippen molar-refractivity contribution in [2.75, 3.05) is 26.2 Å². The highest BCUT2D eigenvalue weighted by Crippen LogP contribution is 2.34. The Morgan fingerprint density at radius 1 is 1.30 bits per heavy atom. The first-order valence-corrected chi connectivity index (χ1v) is 9.31. The van der Waals surface area contributed by atoms with E-state index in [2.05, 4.69) is 20.2 Å². The van der Waals surface area contributed by atoms with E-state index in [1.807, 2.05) is 12.1 Å². The van der Waals surface area contributed by atoms with Crippen molar-refractivity contribution < 1.29 is 13.9 Å². The first-order valence-electron chi connectivity index (χ1n) is 9.31. The lowest BCUT2D eigenvalue weighted by Gasteiger charge is -2.35. The summed E-state index contributed by atoms with van der Waals surface area (Å²) in [6, 6.07) is 6.71. The summed E-state index contributed by atoms with van der Waals surface area (Å²) in [7, 11) is 0. The highest BCUT2D eigenvalue weighted by molar-refractivity contribution is 5.91. The van der Waals surface area contributed by atoms with Gasteiger partial charge in [0.1, 0.15) is 11.5 Å². The molecule has 4 rings (SSSR count). The second-order valence-electron chi connectivity index (χ2n) is 7.25. The van der Waals surface area contributed by atoms with Crippen LogP contribution in [-0.2, 0) is 11.3 Å². The quantitative estimate of drug-likeness (QED) is 0.871. The molecule has 0 spiro atoms. The summed E-state index contributed by atoms with van der Waals surface area (Å²) in [5.41, 5.74) is 1.45. The Labute approximate surface area is 157 Å². The zero-order chi connectivity index (χ0) is 18.6. The van der Waals surface area contributed by atoms with Gasteiger partial charge in [-0.25, -0.2) is 9.37 Å². The molecule has 2 aliphatic rings. The number of ether oxygens (including phenoxy) is 1. The normalized spacial score (nSPS) is 25.1. The van der Waals surface area contributed by atoms with Crippen molar-refractivity contribution in [3.8, 4) is 0 Å². The lowest BCUT2D eigenvalue weighted by Crippen LogP contribution is -2.43. The minimum atomic E-state index is -0.219. The molecule has 2 saturated heterocycles. The van der Waals surface area contributed by atoms with Crippen LogP contribution in [0.3, 0.4) is 0 Å². The number of halogens is 1. The molecule has 6 nitrogen and oxygen atoms in total. The van der Waals surface area contributed by atoms with Gasteiger partial charge in [0.15, 0.2) is 0 Å². The number of piperidine rings is 1. The molecule has 27 heavy (non-hydrogen) atoms. The van der Waals surface area contributed by atoms with Crippen molar-refractivity contribution >= 4 is 5.91 Å². The largest absolute Gasteiger partial charge is 0.376 e. The Morgan fingerprint density at radius 2 is 2.15 bits per heavy atom. The monoisotopic (exact) mass is 370 g/mol. The maximum Gasteiger partial charge on any atom is 0.271 e. The highest BCUT2D eigenvalue weighted by atomic mass is 19.1. The van der Waals surface area contributed by atoms with Crippen molar-refractivity contribution in [1.29, 1.82) is 0 Å². The molecule has 2 aromatic rings. The minimum Gasteiger partial charge on any atom is -0.376 e. The molecule has 1 aromatic carbocycles. The van der Waals surface area contributed by atoms with E-state index in [0.717, 1.165) is 38.2 Å². The number of hydrogen-bond donors (Lipinski definition) is 1. The third-order valence-electron chi connectivity index (χ3n) is 5.46. The van der Waals surface area contributed by atoms with Crippen molar-refractivity contribution in [2.45, 2.75) is 19.1 Å². The molecule has 1 N–H and O–H groups in total. The molecule has 0 unspecified atom stereocenters. The summed E-state index contributed by atoms with van der Waals surface area (Å²) < 4.78 is 19.0. The predicted octanol–water partition coefficient (Wildman–Crippen LogP) is 1.88. The van der Waals surface area contributed by atoms with E-state index in [4.69, 9.17) is 4.74 Å². The molecule has 2 fully saturated rings. The van der Waals surface area contributed by atoms with Crippen LogP contribution in [0.25, 0.3) is 0 Å². The van der Waals surface area contributed by atoms with Crippen molar-refractivity contribution in [2.24, 2.45) is 11.8 Å². The fourth-order valence-corrected chi connectivity index (χ4v) is 4.06. The molecule has 1 aromatic heterocycles. The minimum absolute atomic E-state index is 0.0450. The molecule has 0 aliphatic carbocycles. The predicted molar refractivity (Wildman–Crippen MR) is 97.4 cm³/mol. The smallest absolute Gasteiger partial charge is 0.271 e. The van der Waals surface area contributed by atoms with Crippen LogP contribution < -0.4 is 5.32 Å². The number of nitrogens with zero attached hydrogens (tertiary/aromatic N) is 3. The summed E-state index contributed by atoms with van der Waals surface area (Å²) in [4.78, 5) is 22.5. The van der Waals surface area contributed by atoms with Crippen LogP contribution >= 0.6 is 0 Å². The van der Waals surface area contributed by atoms with Gasteiger partial charge in [0.25, 0.3) is 5.91 Å². The Bertz CT molecular complexity index is 771. The van der Waals surface area contributed by atoms with E-state index in [1.54, 1.807) is 6.20 Å². The standard InChI is InChI=1S/C20H23FN4O2/c21-16-3-1-14(2-4-16)11-25-8-5-17-15(12-25)13-27-19(17)10-24-20(26)18-9-22-6-7-23-18/h1-4,6-7,9,15,17,19H,5,8,10-13H2,(H,24,26)/t15-,17-,19+/m0/s1. The summed E-state index contributed by atoms with van der Waals surface area (Å²) in [5, 5.41) is 2.91. The number of amides is 1. The third-order valence-corrected chi connectivity index (χ3v) is 5.46. The number of aromatic nitrogens is 2. The molecule has 0 bridgehead atoms. The van der Waals surface area contributed by atoms with Crippen molar-refractivity contribution in [3.05, 3.63) is 59.9 Å². The molecule has 2 aliphatic heterocycles. The summed E-state index contributed by atoms with van der Waals surface area (Å²) in [5.74, 6) is 0.506. The molecule has 1 amide bonds. The van der Waals surface area contributed by atoms with Gasteiger partial charge in [0.2, 0.25) is 0 Å². The number of rotatable bonds is 5. The van der Waals surface area contributed by atoms with E-state index >= 15 is 0 Å². The topological polar surface area (TPSA) is 67.3 Å². The van der Waals surface area contributed by atoms with E-state index < -0.39 is 0 Å². The van der Waals surface area contributed by atoms with Gasteiger partial charge in [-0.3, -0.25) is 14.7 Å². The molecule has 0 saturated carbocycles. The third kappa shape index (κ3) is 4.31. The number of nitrogens with one attached hydrogen (secondary N) is 1. The fraction of sp³-hybridized carbons (Fsp3) is 0.450. The Morgan fingerprint density at radius 3 is 2.93 bits per heavy atom. The van der Waals surface area contributed by atoms with Crippen LogP contribution in [0, 0.1) is 17.7 Å². The van der Waals surface area contributed by atoms with Gasteiger partial charge in [-0.2, -0.15) is 0 Å². The summed E-state index contributed by atoms with van der Waals surface area (Å²) in [6.07, 6.45) is 5.59. The van der Waals surface area contributed by atoms with Gasteiger partial charge >= 0.3 is 0 Å². The maximum atomic E-state index is 13.1. The van der Waals surface area contributed by atoms with Crippen LogP contribution in [0.15, 0.2) is 42.9 Å². The number of hydrogen-bond acceptors (Lipinski definition) is 5. The van der Waals surface area contributed by atoms with Crippen LogP contribution in [-0.4, -0.2) is 53.1 Å². The highest BCUT2D eigenvalue weighted by Gasteiger charge is 2.40. The SMILES string of the molecule is O=C(NC[C@H]1OC[C@@H]2CN(Cc3ccc(F)cc3)CC[C@@H]21)c1cnccn1. The molecule has 3 heterocycles. The Balaban J connectivity index is 1.28. The Hall–Kier alpha value is -2.38. The number of carbonyl (C=O) groups is 1. The van der Waals surface area contributed by atoms with Crippen molar-refractivity contribution in [3.63, 3.8) is 0 Å². The molecular formula is C20H23FN4O2. The maximum absolute atomic E-state index is 13.1. The van der Waals surface area contributed by atoms with Crippen LogP contribution in [0.4, 0.5) is 4.39 Å². The fourth-order valence-electron chi connectivity index (χ4n) is 4.06. The van der Waals surface area contributed by atoms with Gasteiger partial charge in [0.05, 0.1) is 18.9 Å². The summed E-state index contributed by atoms with van der Waals surface area (Å²) in [6.45, 7) is 4.00. The molecule has 0 radical (unpaired) electrons. The number of likely N-dealkylation sites (tertiary alicyclic amines) is 1. The van der Waals surface area contributed by atoms with Crippen molar-refractivity contribution in [1.82, 2.24) is 20.2 Å². The lowest BCUT2D eigenvalue weighted by molar-refractivity contribution is 0.0740. The van der Waals surface area contributed by atoms with Crippen LogP contribution in [0.5, 0.6) is 0 Å². The van der Waals surface area contributed by atoms with Gasteiger partial charge in [-0.15, -0.1) is 0 Å². The summed E-state index contributed by atoms with van der Waals surface area (Å²) >= 11 is 0. The molecule has 3 atom stereocenters. The van der Waals surface area contributed by atoms with Gasteiger partial charge in [0, 0.05) is 37.9 Å². The first kappa shape index (κ1) is 18.0. The number of benzene rings is 1. The molecule has 7 heteroatoms. The van der Waals surface area contributed by atoms with E-state index in [9.17, 15) is 9.18 Å². The van der Waals surface area contributed by atoms with Crippen LogP contribution in [0.1, 0.15) is 22.5 Å². The average Bonchev–Trinajstić information content (AvgIpc) is 3.11. The number of carbonyl (C=O) groups excluding carboxylic acids is 1. The second-order valence-corrected chi connectivity index (χ2v) is 7.25. The van der Waals surface area contributed by atoms with E-state index in [0.29, 0.717) is 24.1 Å². The van der Waals surface area contributed by atoms with Gasteiger partial charge < -0.3 is 10.1 Å². The van der Waals surface area contributed by atoms with E-state index in [-0.39, 0.29) is 17.8 Å². The molecular weight excluding hydrogens is 347 g/mol. The van der Waals surface area contributed by atoms with Crippen LogP contribution in [0.2, 0.25) is 0 Å². The average molecular weight is 370 g/mol. The molecule has 142 valence electrons. The first-order chi connectivity index (χ1) is 13.2. The number of fused-ring (bicyclic) bond motifs is 1. The van der Waals surface area contributed by atoms with Gasteiger partial charge in [-0.05, 0) is 36.6 Å². The lowest BCUT2D eigenvalue weighted by atomic mass is 9.84. The van der Waals surface area contributed by atoms with E-state index in [1.165, 1.54) is 24.5 Å². The van der Waals surface area contributed by atoms with Gasteiger partial charge in [-0.1, -0.05) is 12.1 Å². The zero-order valence-electron chi connectivity index (χ0n) is 15.1. The second kappa shape index (κ2) is 8.10. The zero-order valence-corrected chi connectivity index (χ0v) is 15.1.